The van der Waals surface area contributed by atoms with E-state index in [1.54, 1.807) is 6.92 Å². The zero-order valence-corrected chi connectivity index (χ0v) is 10.7. The van der Waals surface area contributed by atoms with Crippen LogP contribution in [-0.4, -0.2) is 25.7 Å². The van der Waals surface area contributed by atoms with Crippen LogP contribution in [0.1, 0.15) is 24.0 Å². The zero-order valence-electron chi connectivity index (χ0n) is 10.7. The number of nitrogens with one attached hydrogen (secondary N) is 1. The molecule has 0 aromatic heterocycles. The van der Waals surface area contributed by atoms with Crippen LogP contribution in [0, 0.1) is 18.7 Å². The van der Waals surface area contributed by atoms with Gasteiger partial charge in [0.1, 0.15) is 5.82 Å². The predicted molar refractivity (Wildman–Crippen MR) is 66.9 cm³/mol. The molecular formula is C14H18FNO2. The van der Waals surface area contributed by atoms with Gasteiger partial charge in [-0.25, -0.2) is 4.39 Å². The van der Waals surface area contributed by atoms with E-state index in [2.05, 4.69) is 5.32 Å². The van der Waals surface area contributed by atoms with Gasteiger partial charge in [0.2, 0.25) is 0 Å². The van der Waals surface area contributed by atoms with Crippen LogP contribution in [0.2, 0.25) is 0 Å². The van der Waals surface area contributed by atoms with Gasteiger partial charge in [0.25, 0.3) is 0 Å². The van der Waals surface area contributed by atoms with Gasteiger partial charge >= 0.3 is 5.97 Å². The average Bonchev–Trinajstić information content (AvgIpc) is 2.76. The molecule has 98 valence electrons. The number of rotatable bonds is 3. The van der Waals surface area contributed by atoms with E-state index in [0.29, 0.717) is 19.7 Å². The second-order valence-electron chi connectivity index (χ2n) is 4.69. The Bertz CT molecular complexity index is 427. The molecule has 1 fully saturated rings. The molecule has 0 bridgehead atoms. The van der Waals surface area contributed by atoms with E-state index in [1.807, 2.05) is 13.0 Å². The minimum atomic E-state index is -0.250. The van der Waals surface area contributed by atoms with Crippen LogP contribution in [0.15, 0.2) is 18.2 Å². The number of esters is 1. The van der Waals surface area contributed by atoms with Gasteiger partial charge in [0.05, 0.1) is 12.5 Å². The maximum absolute atomic E-state index is 13.4. The van der Waals surface area contributed by atoms with Crippen LogP contribution in [0.5, 0.6) is 0 Å². The molecule has 1 aliphatic rings. The predicted octanol–water partition coefficient (Wildman–Crippen LogP) is 2.00. The highest BCUT2D eigenvalue weighted by Crippen LogP contribution is 2.30. The van der Waals surface area contributed by atoms with Crippen molar-refractivity contribution >= 4 is 5.97 Å². The lowest BCUT2D eigenvalue weighted by Crippen LogP contribution is -2.24. The van der Waals surface area contributed by atoms with Crippen LogP contribution in [-0.2, 0) is 9.53 Å². The Labute approximate surface area is 106 Å². The average molecular weight is 251 g/mol. The number of ether oxygens (including phenoxy) is 1. The van der Waals surface area contributed by atoms with Crippen LogP contribution in [0.3, 0.4) is 0 Å². The van der Waals surface area contributed by atoms with Crippen molar-refractivity contribution < 1.29 is 13.9 Å². The number of aryl methyl sites for hydroxylation is 1. The van der Waals surface area contributed by atoms with Crippen molar-refractivity contribution in [2.24, 2.45) is 5.92 Å². The number of carbonyl (C=O) groups excluding carboxylic acids is 1. The first kappa shape index (κ1) is 13.0. The lowest BCUT2D eigenvalue weighted by Gasteiger charge is -2.18. The van der Waals surface area contributed by atoms with Crippen LogP contribution < -0.4 is 5.32 Å². The van der Waals surface area contributed by atoms with Gasteiger partial charge in [-0.15, -0.1) is 0 Å². The van der Waals surface area contributed by atoms with Crippen molar-refractivity contribution in [2.45, 2.75) is 19.8 Å². The highest BCUT2D eigenvalue weighted by Gasteiger charge is 2.35. The van der Waals surface area contributed by atoms with Crippen molar-refractivity contribution in [3.8, 4) is 0 Å². The summed E-state index contributed by atoms with van der Waals surface area (Å²) in [4.78, 5) is 11.8. The van der Waals surface area contributed by atoms with Crippen molar-refractivity contribution in [3.05, 3.63) is 35.1 Å². The minimum Gasteiger partial charge on any atom is -0.466 e. The number of hydrogen-bond donors (Lipinski definition) is 1. The standard InChI is InChI=1S/C14H18FNO2/c1-3-18-14(17)13-8-16-7-12(13)10-4-9(2)5-11(15)6-10/h4-6,12-13,16H,3,7-8H2,1-2H3. The Morgan fingerprint density at radius 3 is 2.89 bits per heavy atom. The van der Waals surface area contributed by atoms with Crippen molar-refractivity contribution in [1.29, 1.82) is 0 Å². The smallest absolute Gasteiger partial charge is 0.310 e. The third-order valence-electron chi connectivity index (χ3n) is 3.30. The summed E-state index contributed by atoms with van der Waals surface area (Å²) in [5.74, 6) is -0.668. The fourth-order valence-corrected chi connectivity index (χ4v) is 2.50. The highest BCUT2D eigenvalue weighted by molar-refractivity contribution is 5.74. The molecule has 1 aliphatic heterocycles. The molecule has 0 radical (unpaired) electrons. The summed E-state index contributed by atoms with van der Waals surface area (Å²) in [6.45, 7) is 5.31. The summed E-state index contributed by atoms with van der Waals surface area (Å²) < 4.78 is 18.5. The molecule has 1 saturated heterocycles. The normalized spacial score (nSPS) is 23.1. The first-order valence-corrected chi connectivity index (χ1v) is 6.26. The second-order valence-corrected chi connectivity index (χ2v) is 4.69. The topological polar surface area (TPSA) is 38.3 Å². The molecule has 1 aromatic carbocycles. The summed E-state index contributed by atoms with van der Waals surface area (Å²) in [5.41, 5.74) is 1.75. The lowest BCUT2D eigenvalue weighted by molar-refractivity contribution is -0.147. The fourth-order valence-electron chi connectivity index (χ4n) is 2.50. The molecule has 0 amide bonds. The van der Waals surface area contributed by atoms with E-state index in [-0.39, 0.29) is 23.6 Å². The lowest BCUT2D eigenvalue weighted by atomic mass is 9.88. The Hall–Kier alpha value is -1.42. The first-order chi connectivity index (χ1) is 8.61. The molecule has 1 N–H and O–H groups in total. The highest BCUT2D eigenvalue weighted by atomic mass is 19.1. The molecule has 2 atom stereocenters. The van der Waals surface area contributed by atoms with E-state index in [9.17, 15) is 9.18 Å². The van der Waals surface area contributed by atoms with Crippen molar-refractivity contribution in [3.63, 3.8) is 0 Å². The SMILES string of the molecule is CCOC(=O)C1CNCC1c1cc(C)cc(F)c1. The molecule has 4 heteroatoms. The summed E-state index contributed by atoms with van der Waals surface area (Å²) >= 11 is 0. The first-order valence-electron chi connectivity index (χ1n) is 6.26. The molecule has 0 saturated carbocycles. The Kier molecular flexibility index (Phi) is 3.97. The fraction of sp³-hybridized carbons (Fsp3) is 0.500. The second kappa shape index (κ2) is 5.48. The molecular weight excluding hydrogens is 233 g/mol. The molecule has 1 aromatic rings. The summed E-state index contributed by atoms with van der Waals surface area (Å²) in [6.07, 6.45) is 0. The molecule has 18 heavy (non-hydrogen) atoms. The number of benzene rings is 1. The summed E-state index contributed by atoms with van der Waals surface area (Å²) in [6, 6.07) is 4.94. The van der Waals surface area contributed by atoms with E-state index < -0.39 is 0 Å². The van der Waals surface area contributed by atoms with Crippen LogP contribution in [0.25, 0.3) is 0 Å². The monoisotopic (exact) mass is 251 g/mol. The molecule has 2 rings (SSSR count). The van der Waals surface area contributed by atoms with Crippen molar-refractivity contribution in [2.75, 3.05) is 19.7 Å². The van der Waals surface area contributed by atoms with Gasteiger partial charge in [0, 0.05) is 19.0 Å². The van der Waals surface area contributed by atoms with Gasteiger partial charge in [-0.3, -0.25) is 4.79 Å². The maximum Gasteiger partial charge on any atom is 0.310 e. The van der Waals surface area contributed by atoms with Gasteiger partial charge in [-0.05, 0) is 37.1 Å². The Morgan fingerprint density at radius 2 is 2.22 bits per heavy atom. The maximum atomic E-state index is 13.4. The van der Waals surface area contributed by atoms with Gasteiger partial charge < -0.3 is 10.1 Å². The van der Waals surface area contributed by atoms with Gasteiger partial charge in [-0.1, -0.05) is 6.07 Å². The van der Waals surface area contributed by atoms with E-state index in [4.69, 9.17) is 4.74 Å². The largest absolute Gasteiger partial charge is 0.466 e. The third-order valence-corrected chi connectivity index (χ3v) is 3.30. The molecule has 2 unspecified atom stereocenters. The molecule has 3 nitrogen and oxygen atoms in total. The Morgan fingerprint density at radius 1 is 1.44 bits per heavy atom. The van der Waals surface area contributed by atoms with Crippen LogP contribution >= 0.6 is 0 Å². The zero-order chi connectivity index (χ0) is 13.1. The van der Waals surface area contributed by atoms with Crippen LogP contribution in [0.4, 0.5) is 4.39 Å². The summed E-state index contributed by atoms with van der Waals surface area (Å²) in [7, 11) is 0. The van der Waals surface area contributed by atoms with E-state index in [1.165, 1.54) is 12.1 Å². The van der Waals surface area contributed by atoms with E-state index >= 15 is 0 Å². The number of halogens is 1. The third kappa shape index (κ3) is 2.70. The van der Waals surface area contributed by atoms with Gasteiger partial charge in [-0.2, -0.15) is 0 Å². The van der Waals surface area contributed by atoms with Crippen molar-refractivity contribution in [1.82, 2.24) is 5.32 Å². The summed E-state index contributed by atoms with van der Waals surface area (Å²) in [5, 5.41) is 3.18. The Balaban J connectivity index is 2.23. The van der Waals surface area contributed by atoms with E-state index in [0.717, 1.165) is 11.1 Å². The molecule has 0 aliphatic carbocycles. The quantitative estimate of drug-likeness (QED) is 0.835. The number of hydrogen-bond acceptors (Lipinski definition) is 3. The molecule has 0 spiro atoms. The minimum absolute atomic E-state index is 0.00144. The molecule has 1 heterocycles. The number of carbonyl (C=O) groups is 1. The van der Waals surface area contributed by atoms with Gasteiger partial charge in [0.15, 0.2) is 0 Å².